The van der Waals surface area contributed by atoms with Crippen LogP contribution in [0.25, 0.3) is 0 Å². The molecule has 0 aliphatic rings. The van der Waals surface area contributed by atoms with Crippen molar-refractivity contribution in [3.8, 4) is 0 Å². The Labute approximate surface area is 105 Å². The van der Waals surface area contributed by atoms with E-state index in [2.05, 4.69) is 20.5 Å². The van der Waals surface area contributed by atoms with Crippen LogP contribution in [0.2, 0.25) is 0 Å². The van der Waals surface area contributed by atoms with Crippen molar-refractivity contribution in [3.63, 3.8) is 0 Å². The molecule has 18 heavy (non-hydrogen) atoms. The van der Waals surface area contributed by atoms with Gasteiger partial charge in [-0.15, -0.1) is 0 Å². The topological polar surface area (TPSA) is 93.5 Å². The fraction of sp³-hybridized carbons (Fsp3) is 0.545. The van der Waals surface area contributed by atoms with Crippen LogP contribution in [-0.4, -0.2) is 30.3 Å². The van der Waals surface area contributed by atoms with Gasteiger partial charge >= 0.3 is 6.09 Å². The van der Waals surface area contributed by atoms with E-state index in [1.165, 1.54) is 7.11 Å². The van der Waals surface area contributed by atoms with Crippen LogP contribution >= 0.6 is 0 Å². The Morgan fingerprint density at radius 3 is 2.83 bits per heavy atom. The molecule has 0 fully saturated rings. The van der Waals surface area contributed by atoms with E-state index >= 15 is 0 Å². The minimum atomic E-state index is -0.675. The first-order chi connectivity index (χ1) is 8.56. The second-order valence-corrected chi connectivity index (χ2v) is 3.71. The lowest BCUT2D eigenvalue weighted by molar-refractivity contribution is -0.122. The summed E-state index contributed by atoms with van der Waals surface area (Å²) < 4.78 is 9.40. The fourth-order valence-corrected chi connectivity index (χ4v) is 1.23. The summed E-state index contributed by atoms with van der Waals surface area (Å²) in [6.07, 6.45) is 0.128. The maximum atomic E-state index is 11.6. The third-order valence-corrected chi connectivity index (χ3v) is 2.32. The highest BCUT2D eigenvalue weighted by molar-refractivity contribution is 5.85. The third-order valence-electron chi connectivity index (χ3n) is 2.32. The highest BCUT2D eigenvalue weighted by atomic mass is 16.5. The van der Waals surface area contributed by atoms with Crippen LogP contribution in [0.3, 0.4) is 0 Å². The molecule has 7 heteroatoms. The summed E-state index contributed by atoms with van der Waals surface area (Å²) in [5, 5.41) is 8.79. The van der Waals surface area contributed by atoms with Crippen molar-refractivity contribution < 1.29 is 18.8 Å². The van der Waals surface area contributed by atoms with Gasteiger partial charge in [0.25, 0.3) is 0 Å². The molecule has 0 radical (unpaired) electrons. The van der Waals surface area contributed by atoms with Gasteiger partial charge in [-0.1, -0.05) is 12.1 Å². The van der Waals surface area contributed by atoms with E-state index < -0.39 is 12.1 Å². The minimum Gasteiger partial charge on any atom is -0.453 e. The van der Waals surface area contributed by atoms with Gasteiger partial charge in [-0.2, -0.15) is 0 Å². The van der Waals surface area contributed by atoms with Gasteiger partial charge in [-0.05, 0) is 13.3 Å². The zero-order valence-electron chi connectivity index (χ0n) is 10.6. The molecule has 0 aliphatic heterocycles. The van der Waals surface area contributed by atoms with Crippen LogP contribution in [0.1, 0.15) is 25.3 Å². The lowest BCUT2D eigenvalue weighted by Gasteiger charge is -2.12. The van der Waals surface area contributed by atoms with E-state index in [0.29, 0.717) is 5.76 Å². The molecule has 2 amide bonds. The van der Waals surface area contributed by atoms with E-state index in [9.17, 15) is 9.59 Å². The van der Waals surface area contributed by atoms with Gasteiger partial charge in [0.05, 0.1) is 19.3 Å². The van der Waals surface area contributed by atoms with Gasteiger partial charge in [-0.25, -0.2) is 4.79 Å². The van der Waals surface area contributed by atoms with Crippen molar-refractivity contribution in [2.24, 2.45) is 0 Å². The molecule has 2 N–H and O–H groups in total. The van der Waals surface area contributed by atoms with Crippen molar-refractivity contribution in [2.45, 2.75) is 32.9 Å². The highest BCUT2D eigenvalue weighted by Crippen LogP contribution is 2.03. The predicted molar refractivity (Wildman–Crippen MR) is 62.7 cm³/mol. The lowest BCUT2D eigenvalue weighted by Crippen LogP contribution is -2.44. The van der Waals surface area contributed by atoms with Crippen LogP contribution in [0, 0.1) is 0 Å². The summed E-state index contributed by atoms with van der Waals surface area (Å²) in [7, 11) is 1.24. The summed E-state index contributed by atoms with van der Waals surface area (Å²) in [4.78, 5) is 22.5. The molecule has 1 aromatic heterocycles. The van der Waals surface area contributed by atoms with E-state index in [4.69, 9.17) is 4.52 Å². The van der Waals surface area contributed by atoms with Crippen molar-refractivity contribution in [3.05, 3.63) is 17.5 Å². The van der Waals surface area contributed by atoms with Crippen LogP contribution in [0.5, 0.6) is 0 Å². The molecule has 0 spiro atoms. The zero-order chi connectivity index (χ0) is 13.5. The number of ether oxygens (including phenoxy) is 1. The standard InChI is InChI=1S/C11H17N3O4/c1-4-8-5-9(18-14-8)6-12-10(15)7(2)13-11(16)17-3/h5,7H,4,6H2,1-3H3,(H,12,15)(H,13,16)/t7-/m0/s1. The maximum absolute atomic E-state index is 11.6. The third kappa shape index (κ3) is 4.08. The Morgan fingerprint density at radius 1 is 1.56 bits per heavy atom. The maximum Gasteiger partial charge on any atom is 0.407 e. The number of alkyl carbamates (subject to hydrolysis) is 1. The number of aromatic nitrogens is 1. The number of rotatable bonds is 5. The average Bonchev–Trinajstić information content (AvgIpc) is 2.83. The number of carbonyl (C=O) groups is 2. The normalized spacial score (nSPS) is 11.7. The van der Waals surface area contributed by atoms with E-state index in [-0.39, 0.29) is 12.5 Å². The summed E-state index contributed by atoms with van der Waals surface area (Å²) in [6, 6.07) is 1.10. The Bertz CT molecular complexity index is 416. The second-order valence-electron chi connectivity index (χ2n) is 3.71. The van der Waals surface area contributed by atoms with E-state index in [1.807, 2.05) is 6.92 Å². The number of methoxy groups -OCH3 is 1. The second kappa shape index (κ2) is 6.63. The smallest absolute Gasteiger partial charge is 0.407 e. The minimum absolute atomic E-state index is 0.235. The molecule has 1 atom stereocenters. The van der Waals surface area contributed by atoms with Crippen molar-refractivity contribution in [2.75, 3.05) is 7.11 Å². The number of nitrogens with one attached hydrogen (secondary N) is 2. The molecule has 7 nitrogen and oxygen atoms in total. The molecule has 0 aliphatic carbocycles. The van der Waals surface area contributed by atoms with Crippen LogP contribution in [0.4, 0.5) is 4.79 Å². The van der Waals surface area contributed by atoms with Crippen LogP contribution in [-0.2, 0) is 22.5 Å². The predicted octanol–water partition coefficient (Wildman–Crippen LogP) is 0.598. The number of hydrogen-bond donors (Lipinski definition) is 2. The Balaban J connectivity index is 2.38. The van der Waals surface area contributed by atoms with Gasteiger partial charge in [0.1, 0.15) is 6.04 Å². The monoisotopic (exact) mass is 255 g/mol. The molecular weight excluding hydrogens is 238 g/mol. The molecule has 0 unspecified atom stereocenters. The number of carbonyl (C=O) groups excluding carboxylic acids is 2. The molecule has 0 saturated heterocycles. The molecule has 1 heterocycles. The molecule has 1 aromatic rings. The Morgan fingerprint density at radius 2 is 2.28 bits per heavy atom. The Kier molecular flexibility index (Phi) is 5.16. The first kappa shape index (κ1) is 14.0. The van der Waals surface area contributed by atoms with Crippen LogP contribution < -0.4 is 10.6 Å². The molecule has 0 aromatic carbocycles. The van der Waals surface area contributed by atoms with Crippen LogP contribution in [0.15, 0.2) is 10.6 Å². The molecule has 0 bridgehead atoms. The lowest BCUT2D eigenvalue weighted by atomic mass is 10.3. The molecule has 100 valence electrons. The first-order valence-electron chi connectivity index (χ1n) is 5.63. The zero-order valence-corrected chi connectivity index (χ0v) is 10.6. The fourth-order valence-electron chi connectivity index (χ4n) is 1.23. The largest absolute Gasteiger partial charge is 0.453 e. The summed E-state index contributed by atoms with van der Waals surface area (Å²) in [5.41, 5.74) is 0.833. The quantitative estimate of drug-likeness (QED) is 0.803. The van der Waals surface area contributed by atoms with Crippen molar-refractivity contribution in [1.82, 2.24) is 15.8 Å². The van der Waals surface area contributed by atoms with Crippen molar-refractivity contribution in [1.29, 1.82) is 0 Å². The van der Waals surface area contributed by atoms with E-state index in [0.717, 1.165) is 12.1 Å². The number of amides is 2. The SMILES string of the molecule is CCc1cc(CNC(=O)[C@H](C)NC(=O)OC)on1. The summed E-state index contributed by atoms with van der Waals surface area (Å²) >= 11 is 0. The van der Waals surface area contributed by atoms with Gasteiger partial charge < -0.3 is 19.9 Å². The highest BCUT2D eigenvalue weighted by Gasteiger charge is 2.15. The summed E-state index contributed by atoms with van der Waals surface area (Å²) in [6.45, 7) is 3.76. The van der Waals surface area contributed by atoms with Gasteiger partial charge in [0, 0.05) is 6.07 Å². The van der Waals surface area contributed by atoms with Gasteiger partial charge in [0.2, 0.25) is 5.91 Å². The summed E-state index contributed by atoms with van der Waals surface area (Å²) in [5.74, 6) is 0.250. The average molecular weight is 255 g/mol. The number of hydrogen-bond acceptors (Lipinski definition) is 5. The van der Waals surface area contributed by atoms with Gasteiger partial charge in [-0.3, -0.25) is 4.79 Å². The van der Waals surface area contributed by atoms with E-state index in [1.54, 1.807) is 13.0 Å². The first-order valence-corrected chi connectivity index (χ1v) is 5.63. The number of nitrogens with zero attached hydrogens (tertiary/aromatic N) is 1. The number of aryl methyl sites for hydroxylation is 1. The van der Waals surface area contributed by atoms with Crippen molar-refractivity contribution >= 4 is 12.0 Å². The Hall–Kier alpha value is -2.05. The molecule has 0 saturated carbocycles. The molecule has 1 rings (SSSR count). The molecular formula is C11H17N3O4. The van der Waals surface area contributed by atoms with Gasteiger partial charge in [0.15, 0.2) is 5.76 Å².